The zero-order chi connectivity index (χ0) is 18.5. The Balaban J connectivity index is 1.51. The molecule has 1 unspecified atom stereocenters. The van der Waals surface area contributed by atoms with Crippen molar-refractivity contribution in [1.82, 2.24) is 9.88 Å². The van der Waals surface area contributed by atoms with Crippen molar-refractivity contribution in [2.45, 2.75) is 25.4 Å². The lowest BCUT2D eigenvalue weighted by Gasteiger charge is -2.28. The molecule has 1 saturated heterocycles. The van der Waals surface area contributed by atoms with Crippen LogP contribution in [0.5, 0.6) is 5.75 Å². The maximum atomic E-state index is 10.4. The summed E-state index contributed by atoms with van der Waals surface area (Å²) in [5.41, 5.74) is 3.02. The molecular formula is C23H26N2O2. The van der Waals surface area contributed by atoms with E-state index in [-0.39, 0.29) is 0 Å². The summed E-state index contributed by atoms with van der Waals surface area (Å²) in [6.45, 7) is 3.13. The number of benzene rings is 2. The highest BCUT2D eigenvalue weighted by Crippen LogP contribution is 2.34. The van der Waals surface area contributed by atoms with Crippen molar-refractivity contribution < 1.29 is 9.84 Å². The van der Waals surface area contributed by atoms with Gasteiger partial charge in [0.25, 0.3) is 0 Å². The van der Waals surface area contributed by atoms with Crippen molar-refractivity contribution >= 4 is 10.9 Å². The lowest BCUT2D eigenvalue weighted by molar-refractivity contribution is 0.0619. The Labute approximate surface area is 160 Å². The van der Waals surface area contributed by atoms with Crippen LogP contribution in [0.3, 0.4) is 0 Å². The molecule has 4 nitrogen and oxygen atoms in total. The molecule has 0 bridgehead atoms. The highest BCUT2D eigenvalue weighted by atomic mass is 16.5. The second-order valence-electron chi connectivity index (χ2n) is 7.20. The number of aliphatic hydroxyl groups is 1. The molecule has 3 aromatic rings. The van der Waals surface area contributed by atoms with Gasteiger partial charge in [-0.15, -0.1) is 0 Å². The number of pyridine rings is 1. The fourth-order valence-electron chi connectivity index (χ4n) is 3.82. The number of piperidine rings is 1. The van der Waals surface area contributed by atoms with Crippen molar-refractivity contribution in [3.63, 3.8) is 0 Å². The Hall–Kier alpha value is -2.43. The van der Waals surface area contributed by atoms with Gasteiger partial charge in [0.15, 0.2) is 0 Å². The highest BCUT2D eigenvalue weighted by molar-refractivity contribution is 5.94. The van der Waals surface area contributed by atoms with Gasteiger partial charge in [-0.1, -0.05) is 48.9 Å². The number of hydrogen-bond donors (Lipinski definition) is 1. The normalized spacial score (nSPS) is 16.3. The number of hydrogen-bond acceptors (Lipinski definition) is 4. The maximum Gasteiger partial charge on any atom is 0.127 e. The van der Waals surface area contributed by atoms with Crippen LogP contribution >= 0.6 is 0 Å². The minimum atomic E-state index is -0.484. The first-order chi connectivity index (χ1) is 13.3. The minimum Gasteiger partial charge on any atom is -0.490 e. The van der Waals surface area contributed by atoms with Gasteiger partial charge in [-0.05, 0) is 38.1 Å². The lowest BCUT2D eigenvalue weighted by Crippen LogP contribution is -2.38. The summed E-state index contributed by atoms with van der Waals surface area (Å²) in [6, 6.07) is 18.2. The van der Waals surface area contributed by atoms with E-state index in [0.717, 1.165) is 40.9 Å². The van der Waals surface area contributed by atoms with Crippen LogP contribution in [-0.4, -0.2) is 47.3 Å². The summed E-state index contributed by atoms with van der Waals surface area (Å²) in [4.78, 5) is 6.89. The van der Waals surface area contributed by atoms with Crippen LogP contribution in [0.4, 0.5) is 0 Å². The van der Waals surface area contributed by atoms with Crippen LogP contribution in [-0.2, 0) is 0 Å². The van der Waals surface area contributed by atoms with E-state index in [4.69, 9.17) is 4.74 Å². The predicted octanol–water partition coefficient (Wildman–Crippen LogP) is 4.13. The Bertz CT molecular complexity index is 885. The first-order valence-corrected chi connectivity index (χ1v) is 9.77. The SMILES string of the molecule is OC(COc1ccccc1-c1cccc2cccnc12)CN1CCCCC1. The molecule has 4 rings (SSSR count). The van der Waals surface area contributed by atoms with Gasteiger partial charge in [-0.2, -0.15) is 0 Å². The van der Waals surface area contributed by atoms with E-state index in [2.05, 4.69) is 34.1 Å². The van der Waals surface area contributed by atoms with E-state index in [1.165, 1.54) is 19.3 Å². The molecular weight excluding hydrogens is 336 g/mol. The number of fused-ring (bicyclic) bond motifs is 1. The fourth-order valence-corrected chi connectivity index (χ4v) is 3.82. The molecule has 1 N–H and O–H groups in total. The molecule has 0 saturated carbocycles. The Morgan fingerprint density at radius 2 is 1.70 bits per heavy atom. The van der Waals surface area contributed by atoms with Crippen LogP contribution < -0.4 is 4.74 Å². The zero-order valence-electron chi connectivity index (χ0n) is 15.6. The summed E-state index contributed by atoms with van der Waals surface area (Å²) in [7, 11) is 0. The number of ether oxygens (including phenoxy) is 1. The highest BCUT2D eigenvalue weighted by Gasteiger charge is 2.16. The molecule has 1 atom stereocenters. The first-order valence-electron chi connectivity index (χ1n) is 9.77. The molecule has 1 fully saturated rings. The van der Waals surface area contributed by atoms with Crippen LogP contribution in [0.2, 0.25) is 0 Å². The Kier molecular flexibility index (Phi) is 5.66. The minimum absolute atomic E-state index is 0.297. The van der Waals surface area contributed by atoms with Crippen LogP contribution in [0.1, 0.15) is 19.3 Å². The van der Waals surface area contributed by atoms with Crippen molar-refractivity contribution in [2.75, 3.05) is 26.2 Å². The average molecular weight is 362 g/mol. The number of rotatable bonds is 6. The van der Waals surface area contributed by atoms with Crippen molar-refractivity contribution in [1.29, 1.82) is 0 Å². The third-order valence-corrected chi connectivity index (χ3v) is 5.16. The van der Waals surface area contributed by atoms with Crippen LogP contribution in [0.15, 0.2) is 60.8 Å². The summed E-state index contributed by atoms with van der Waals surface area (Å²) in [6.07, 6.45) is 5.09. The number of para-hydroxylation sites is 2. The largest absolute Gasteiger partial charge is 0.490 e. The summed E-state index contributed by atoms with van der Waals surface area (Å²) < 4.78 is 6.04. The van der Waals surface area contributed by atoms with Gasteiger partial charge in [0.1, 0.15) is 18.5 Å². The van der Waals surface area contributed by atoms with Crippen molar-refractivity contribution in [2.24, 2.45) is 0 Å². The number of β-amino-alcohol motifs (C(OH)–C–C–N with tert-alkyl or cyclic N) is 1. The third-order valence-electron chi connectivity index (χ3n) is 5.16. The van der Waals surface area contributed by atoms with Gasteiger partial charge in [0.05, 0.1) is 5.52 Å². The quantitative estimate of drug-likeness (QED) is 0.716. The van der Waals surface area contributed by atoms with E-state index in [0.29, 0.717) is 13.2 Å². The molecule has 2 aromatic carbocycles. The predicted molar refractivity (Wildman–Crippen MR) is 109 cm³/mol. The number of nitrogens with zero attached hydrogens (tertiary/aromatic N) is 2. The second kappa shape index (κ2) is 8.51. The van der Waals surface area contributed by atoms with Crippen molar-refractivity contribution in [3.05, 3.63) is 60.8 Å². The molecule has 140 valence electrons. The second-order valence-corrected chi connectivity index (χ2v) is 7.20. The van der Waals surface area contributed by atoms with E-state index < -0.39 is 6.10 Å². The van der Waals surface area contributed by atoms with E-state index in [1.54, 1.807) is 0 Å². The molecule has 27 heavy (non-hydrogen) atoms. The van der Waals surface area contributed by atoms with Gasteiger partial charge < -0.3 is 14.7 Å². The standard InChI is InChI=1S/C23H26N2O2/c26-19(16-25-14-4-1-5-15-25)17-27-22-12-3-2-10-20(22)21-11-6-8-18-9-7-13-24-23(18)21/h2-3,6-13,19,26H,1,4-5,14-17H2. The molecule has 0 aliphatic carbocycles. The number of likely N-dealkylation sites (tertiary alicyclic amines) is 1. The molecule has 1 aromatic heterocycles. The summed E-state index contributed by atoms with van der Waals surface area (Å²) in [5, 5.41) is 11.5. The Morgan fingerprint density at radius 1 is 0.926 bits per heavy atom. The Morgan fingerprint density at radius 3 is 2.59 bits per heavy atom. The van der Waals surface area contributed by atoms with Crippen LogP contribution in [0.25, 0.3) is 22.0 Å². The van der Waals surface area contributed by atoms with E-state index >= 15 is 0 Å². The molecule has 0 radical (unpaired) electrons. The van der Waals surface area contributed by atoms with E-state index in [9.17, 15) is 5.11 Å². The third kappa shape index (κ3) is 4.29. The van der Waals surface area contributed by atoms with Crippen molar-refractivity contribution in [3.8, 4) is 16.9 Å². The van der Waals surface area contributed by atoms with Gasteiger partial charge in [-0.25, -0.2) is 0 Å². The fraction of sp³-hybridized carbons (Fsp3) is 0.348. The number of aromatic nitrogens is 1. The molecule has 4 heteroatoms. The zero-order valence-corrected chi connectivity index (χ0v) is 15.6. The molecule has 0 spiro atoms. The van der Waals surface area contributed by atoms with Gasteiger partial charge in [0.2, 0.25) is 0 Å². The summed E-state index contributed by atoms with van der Waals surface area (Å²) >= 11 is 0. The van der Waals surface area contributed by atoms with Crippen LogP contribution in [0, 0.1) is 0 Å². The van der Waals surface area contributed by atoms with Gasteiger partial charge in [0, 0.05) is 29.3 Å². The van der Waals surface area contributed by atoms with Gasteiger partial charge in [-0.3, -0.25) is 4.98 Å². The number of aliphatic hydroxyl groups excluding tert-OH is 1. The van der Waals surface area contributed by atoms with E-state index in [1.807, 2.05) is 36.5 Å². The molecule has 1 aliphatic heterocycles. The topological polar surface area (TPSA) is 45.6 Å². The molecule has 1 aliphatic rings. The molecule has 2 heterocycles. The molecule has 0 amide bonds. The smallest absolute Gasteiger partial charge is 0.127 e. The maximum absolute atomic E-state index is 10.4. The lowest BCUT2D eigenvalue weighted by atomic mass is 10.0. The summed E-state index contributed by atoms with van der Waals surface area (Å²) in [5.74, 6) is 0.786. The monoisotopic (exact) mass is 362 g/mol. The van der Waals surface area contributed by atoms with Gasteiger partial charge >= 0.3 is 0 Å². The first kappa shape index (κ1) is 18.0. The average Bonchev–Trinajstić information content (AvgIpc) is 2.73.